The average molecular weight is 559 g/mol. The Morgan fingerprint density at radius 2 is 1.45 bits per heavy atom. The molecule has 2 unspecified atom stereocenters. The molecule has 1 aliphatic rings. The van der Waals surface area contributed by atoms with Crippen LogP contribution in [0.25, 0.3) is 0 Å². The Kier molecular flexibility index (Phi) is 9.45. The molecule has 1 aliphatic carbocycles. The fourth-order valence-electron chi connectivity index (χ4n) is 4.51. The molecule has 3 rings (SSSR count). The summed E-state index contributed by atoms with van der Waals surface area (Å²) in [5.41, 5.74) is 0.453. The zero-order valence-electron chi connectivity index (χ0n) is 19.8. The predicted molar refractivity (Wildman–Crippen MR) is 119 cm³/mol. The SMILES string of the molecule is OC(CNC(c1cccc(Oc2ccc(OC(F)(F)F)cc2)c1)C1CCC(C(F)(F)CF)CC1)C(F)(F)F. The van der Waals surface area contributed by atoms with E-state index in [1.807, 2.05) is 0 Å². The van der Waals surface area contributed by atoms with E-state index in [1.54, 1.807) is 12.1 Å². The van der Waals surface area contributed by atoms with Crippen molar-refractivity contribution in [3.63, 3.8) is 0 Å². The van der Waals surface area contributed by atoms with E-state index >= 15 is 0 Å². The van der Waals surface area contributed by atoms with Crippen molar-refractivity contribution in [3.8, 4) is 17.2 Å². The first-order valence-corrected chi connectivity index (χ1v) is 11.7. The van der Waals surface area contributed by atoms with E-state index in [0.29, 0.717) is 5.56 Å². The largest absolute Gasteiger partial charge is 0.573 e. The molecule has 0 radical (unpaired) electrons. The number of aliphatic hydroxyl groups is 1. The normalized spacial score (nSPS) is 20.6. The molecule has 0 saturated heterocycles. The molecule has 0 heterocycles. The van der Waals surface area contributed by atoms with Crippen molar-refractivity contribution in [2.45, 2.75) is 56.3 Å². The monoisotopic (exact) mass is 559 g/mol. The van der Waals surface area contributed by atoms with Crippen LogP contribution < -0.4 is 14.8 Å². The fourth-order valence-corrected chi connectivity index (χ4v) is 4.51. The van der Waals surface area contributed by atoms with Gasteiger partial charge in [0.1, 0.15) is 17.2 Å². The summed E-state index contributed by atoms with van der Waals surface area (Å²) in [4.78, 5) is 0. The second kappa shape index (κ2) is 12.0. The summed E-state index contributed by atoms with van der Waals surface area (Å²) >= 11 is 0. The summed E-state index contributed by atoms with van der Waals surface area (Å²) in [5.74, 6) is -5.13. The molecule has 2 aromatic carbocycles. The van der Waals surface area contributed by atoms with Gasteiger partial charge in [-0.25, -0.2) is 13.2 Å². The third kappa shape index (κ3) is 8.42. The minimum absolute atomic E-state index is 0.0237. The number of alkyl halides is 9. The molecular weight excluding hydrogens is 533 g/mol. The second-order valence-corrected chi connectivity index (χ2v) is 9.14. The van der Waals surface area contributed by atoms with Crippen molar-refractivity contribution in [3.05, 3.63) is 54.1 Å². The van der Waals surface area contributed by atoms with Crippen LogP contribution in [0.3, 0.4) is 0 Å². The molecule has 2 aromatic rings. The number of benzene rings is 2. The van der Waals surface area contributed by atoms with E-state index in [9.17, 15) is 44.6 Å². The molecule has 13 heteroatoms. The zero-order chi connectivity index (χ0) is 28.1. The first-order chi connectivity index (χ1) is 17.7. The molecule has 212 valence electrons. The predicted octanol–water partition coefficient (Wildman–Crippen LogP) is 7.34. The van der Waals surface area contributed by atoms with Crippen molar-refractivity contribution in [1.29, 1.82) is 0 Å². The Hall–Kier alpha value is -2.67. The van der Waals surface area contributed by atoms with Crippen LogP contribution in [0.15, 0.2) is 48.5 Å². The number of hydrogen-bond donors (Lipinski definition) is 2. The molecule has 0 aliphatic heterocycles. The van der Waals surface area contributed by atoms with Crippen LogP contribution in [0.4, 0.5) is 39.5 Å². The van der Waals surface area contributed by atoms with E-state index in [-0.39, 0.29) is 37.2 Å². The fraction of sp³-hybridized carbons (Fsp3) is 0.520. The van der Waals surface area contributed by atoms with Crippen LogP contribution in [0.1, 0.15) is 37.3 Å². The number of halogens is 9. The maximum atomic E-state index is 13.8. The molecule has 0 spiro atoms. The molecule has 0 amide bonds. The zero-order valence-corrected chi connectivity index (χ0v) is 19.8. The lowest BCUT2D eigenvalue weighted by Crippen LogP contribution is -2.42. The van der Waals surface area contributed by atoms with Crippen LogP contribution in [0.2, 0.25) is 0 Å². The third-order valence-corrected chi connectivity index (χ3v) is 6.44. The standard InChI is InChI=1S/C25H26F9NO3/c26-14-23(27,28)17-6-4-15(5-7-17)22(35-13-21(36)24(29,30)31)16-2-1-3-20(12-16)37-18-8-10-19(11-9-18)38-25(32,33)34/h1-3,8-12,15,17,21-22,35-36H,4-7,13-14H2. The van der Waals surface area contributed by atoms with Crippen molar-refractivity contribution < 1.29 is 54.1 Å². The highest BCUT2D eigenvalue weighted by Crippen LogP contribution is 2.43. The maximum Gasteiger partial charge on any atom is 0.573 e. The average Bonchev–Trinajstić information content (AvgIpc) is 2.84. The third-order valence-electron chi connectivity index (χ3n) is 6.44. The number of ether oxygens (including phenoxy) is 2. The first-order valence-electron chi connectivity index (χ1n) is 11.7. The van der Waals surface area contributed by atoms with Gasteiger partial charge in [-0.3, -0.25) is 0 Å². The van der Waals surface area contributed by atoms with Crippen LogP contribution in [0, 0.1) is 11.8 Å². The molecule has 1 saturated carbocycles. The molecular formula is C25H26F9NO3. The smallest absolute Gasteiger partial charge is 0.457 e. The Morgan fingerprint density at radius 3 is 2.00 bits per heavy atom. The van der Waals surface area contributed by atoms with E-state index in [0.717, 1.165) is 12.1 Å². The Balaban J connectivity index is 1.77. The topological polar surface area (TPSA) is 50.7 Å². The van der Waals surface area contributed by atoms with E-state index < -0.39 is 61.4 Å². The van der Waals surface area contributed by atoms with Gasteiger partial charge in [-0.2, -0.15) is 13.2 Å². The minimum atomic E-state index is -4.87. The lowest BCUT2D eigenvalue weighted by atomic mass is 9.74. The van der Waals surface area contributed by atoms with E-state index in [2.05, 4.69) is 10.1 Å². The van der Waals surface area contributed by atoms with Gasteiger partial charge in [0.25, 0.3) is 5.92 Å². The first kappa shape index (κ1) is 29.9. The Morgan fingerprint density at radius 1 is 0.842 bits per heavy atom. The van der Waals surface area contributed by atoms with Gasteiger partial charge in [-0.15, -0.1) is 13.2 Å². The summed E-state index contributed by atoms with van der Waals surface area (Å²) in [7, 11) is 0. The summed E-state index contributed by atoms with van der Waals surface area (Å²) in [6, 6.07) is 9.92. The number of hydrogen-bond acceptors (Lipinski definition) is 4. The summed E-state index contributed by atoms with van der Waals surface area (Å²) in [5, 5.41) is 12.2. The number of nitrogens with one attached hydrogen (secondary N) is 1. The minimum Gasteiger partial charge on any atom is -0.457 e. The summed E-state index contributed by atoms with van der Waals surface area (Å²) in [6.45, 7) is -2.63. The quantitative estimate of drug-likeness (QED) is 0.299. The van der Waals surface area contributed by atoms with Gasteiger partial charge in [0.15, 0.2) is 12.8 Å². The Bertz CT molecular complexity index is 1020. The van der Waals surface area contributed by atoms with Crippen LogP contribution in [0.5, 0.6) is 17.2 Å². The molecule has 2 N–H and O–H groups in total. The van der Waals surface area contributed by atoms with Crippen molar-refractivity contribution >= 4 is 0 Å². The lowest BCUT2D eigenvalue weighted by Gasteiger charge is -2.37. The van der Waals surface area contributed by atoms with Gasteiger partial charge >= 0.3 is 12.5 Å². The van der Waals surface area contributed by atoms with Gasteiger partial charge in [-0.05, 0) is 73.6 Å². The highest BCUT2D eigenvalue weighted by atomic mass is 19.4. The van der Waals surface area contributed by atoms with Crippen LogP contribution in [-0.4, -0.2) is 42.9 Å². The molecule has 2 atom stereocenters. The van der Waals surface area contributed by atoms with E-state index in [4.69, 9.17) is 4.74 Å². The molecule has 4 nitrogen and oxygen atoms in total. The second-order valence-electron chi connectivity index (χ2n) is 9.14. The van der Waals surface area contributed by atoms with Gasteiger partial charge in [-0.1, -0.05) is 12.1 Å². The van der Waals surface area contributed by atoms with Gasteiger partial charge < -0.3 is 19.9 Å². The Labute approximate surface area is 212 Å². The summed E-state index contributed by atoms with van der Waals surface area (Å²) in [6.07, 6.45) is -12.1. The number of rotatable bonds is 10. The van der Waals surface area contributed by atoms with Crippen molar-refractivity contribution in [2.75, 3.05) is 13.2 Å². The highest BCUT2D eigenvalue weighted by molar-refractivity contribution is 5.38. The number of aliphatic hydroxyl groups excluding tert-OH is 1. The molecule has 38 heavy (non-hydrogen) atoms. The van der Waals surface area contributed by atoms with Gasteiger partial charge in [0.2, 0.25) is 0 Å². The molecule has 0 bridgehead atoms. The van der Waals surface area contributed by atoms with E-state index in [1.165, 1.54) is 24.3 Å². The highest BCUT2D eigenvalue weighted by Gasteiger charge is 2.43. The molecule has 1 fully saturated rings. The van der Waals surface area contributed by atoms with Crippen LogP contribution >= 0.6 is 0 Å². The molecule has 0 aromatic heterocycles. The summed E-state index contributed by atoms with van der Waals surface area (Å²) < 4.78 is 126. The van der Waals surface area contributed by atoms with Crippen molar-refractivity contribution in [1.82, 2.24) is 5.32 Å². The van der Waals surface area contributed by atoms with Gasteiger partial charge in [0.05, 0.1) is 0 Å². The van der Waals surface area contributed by atoms with Crippen molar-refractivity contribution in [2.24, 2.45) is 11.8 Å². The maximum absolute atomic E-state index is 13.8. The van der Waals surface area contributed by atoms with Crippen LogP contribution in [-0.2, 0) is 0 Å². The lowest BCUT2D eigenvalue weighted by molar-refractivity contribution is -0.274. The van der Waals surface area contributed by atoms with Gasteiger partial charge in [0, 0.05) is 18.5 Å².